The molecule has 11 heteroatoms. The van der Waals surface area contributed by atoms with Crippen LogP contribution in [0.2, 0.25) is 0 Å². The first-order valence-corrected chi connectivity index (χ1v) is 11.1. The molecule has 0 saturated heterocycles. The van der Waals surface area contributed by atoms with Gasteiger partial charge in [-0.25, -0.2) is 0 Å². The Bertz CT molecular complexity index is 1410. The number of para-hydroxylation sites is 1. The first-order valence-electron chi connectivity index (χ1n) is 11.1. The van der Waals surface area contributed by atoms with Crippen molar-refractivity contribution in [3.05, 3.63) is 70.8 Å². The van der Waals surface area contributed by atoms with Crippen molar-refractivity contribution in [2.45, 2.75) is 26.4 Å². The second kappa shape index (κ2) is 9.84. The summed E-state index contributed by atoms with van der Waals surface area (Å²) in [6.45, 7) is 3.35. The summed E-state index contributed by atoms with van der Waals surface area (Å²) < 4.78 is 47.3. The maximum Gasteiger partial charge on any atom is 0.417 e. The van der Waals surface area contributed by atoms with Crippen LogP contribution >= 0.6 is 0 Å². The molecular weight excluding hydrogens is 491 g/mol. The third-order valence-electron chi connectivity index (χ3n) is 5.59. The number of hydrogen-bond acceptors (Lipinski definition) is 6. The Morgan fingerprint density at radius 3 is 2.46 bits per heavy atom. The number of rotatable bonds is 7. The minimum Gasteiger partial charge on any atom is -0.506 e. The van der Waals surface area contributed by atoms with Gasteiger partial charge in [0.05, 0.1) is 24.3 Å². The molecule has 0 atom stereocenters. The van der Waals surface area contributed by atoms with E-state index >= 15 is 0 Å². The number of phenolic OH excluding ortho intramolecular Hbond substituents is 1. The number of hydrazone groups is 1. The van der Waals surface area contributed by atoms with Gasteiger partial charge in [-0.15, -0.1) is 0 Å². The van der Waals surface area contributed by atoms with Crippen molar-refractivity contribution >= 4 is 29.0 Å². The van der Waals surface area contributed by atoms with Crippen LogP contribution in [-0.2, 0) is 15.8 Å². The normalized spacial score (nSPS) is 13.9. The van der Waals surface area contributed by atoms with E-state index in [2.05, 4.69) is 15.8 Å². The smallest absolute Gasteiger partial charge is 0.417 e. The number of phenols is 1. The molecule has 0 radical (unpaired) electrons. The minimum absolute atomic E-state index is 0.0272. The summed E-state index contributed by atoms with van der Waals surface area (Å²) in [7, 11) is 0. The fraction of sp³-hybridized carbons (Fsp3) is 0.192. The first-order chi connectivity index (χ1) is 17.5. The fourth-order valence-electron chi connectivity index (χ4n) is 4.10. The Morgan fingerprint density at radius 2 is 1.81 bits per heavy atom. The number of alkyl halides is 3. The molecule has 37 heavy (non-hydrogen) atoms. The van der Waals surface area contributed by atoms with Crippen molar-refractivity contribution in [2.24, 2.45) is 5.10 Å². The number of aromatic hydroxyl groups is 1. The van der Waals surface area contributed by atoms with E-state index in [4.69, 9.17) is 9.84 Å². The number of fused-ring (bicyclic) bond motifs is 1. The van der Waals surface area contributed by atoms with Crippen LogP contribution < -0.4 is 15.5 Å². The van der Waals surface area contributed by atoms with Crippen LogP contribution in [0.25, 0.3) is 11.1 Å². The highest BCUT2D eigenvalue weighted by Crippen LogP contribution is 2.45. The van der Waals surface area contributed by atoms with Gasteiger partial charge in [0.15, 0.2) is 5.71 Å². The summed E-state index contributed by atoms with van der Waals surface area (Å²) in [5, 5.41) is 25.6. The number of carbonyl (C=O) groups is 2. The van der Waals surface area contributed by atoms with Gasteiger partial charge in [-0.2, -0.15) is 18.3 Å². The van der Waals surface area contributed by atoms with Crippen LogP contribution in [0.15, 0.2) is 53.6 Å². The van der Waals surface area contributed by atoms with Crippen LogP contribution in [0, 0.1) is 13.8 Å². The molecular formula is C26H22F3N3O5. The summed E-state index contributed by atoms with van der Waals surface area (Å²) >= 11 is 0. The molecule has 0 aliphatic carbocycles. The molecule has 3 aromatic carbocycles. The first kappa shape index (κ1) is 25.5. The number of anilines is 2. The SMILES string of the molecule is Cc1cc(C)cc(-c2c(C(F)(F)F)ccc3c2NC(=O)C3=NNc2c(O)cccc2OCCC(=O)O)c1. The number of amides is 1. The molecule has 0 saturated carbocycles. The van der Waals surface area contributed by atoms with Crippen molar-refractivity contribution in [1.29, 1.82) is 0 Å². The number of carboxylic acid groups (broad SMARTS) is 1. The molecule has 1 aliphatic heterocycles. The van der Waals surface area contributed by atoms with Gasteiger partial charge in [-0.3, -0.25) is 15.0 Å². The van der Waals surface area contributed by atoms with Crippen LogP contribution in [-0.4, -0.2) is 34.4 Å². The molecule has 0 aromatic heterocycles. The van der Waals surface area contributed by atoms with Gasteiger partial charge in [0.2, 0.25) is 0 Å². The Morgan fingerprint density at radius 1 is 1.11 bits per heavy atom. The third kappa shape index (κ3) is 5.35. The average molecular weight is 513 g/mol. The highest BCUT2D eigenvalue weighted by atomic mass is 19.4. The number of carbonyl (C=O) groups excluding carboxylic acids is 1. The lowest BCUT2D eigenvalue weighted by molar-refractivity contribution is -0.138. The lowest BCUT2D eigenvalue weighted by Gasteiger charge is -2.17. The third-order valence-corrected chi connectivity index (χ3v) is 5.59. The van der Waals surface area contributed by atoms with Gasteiger partial charge in [-0.05, 0) is 43.7 Å². The zero-order valence-electron chi connectivity index (χ0n) is 19.7. The Kier molecular flexibility index (Phi) is 6.80. The van der Waals surface area contributed by atoms with Crippen molar-refractivity contribution in [2.75, 3.05) is 17.3 Å². The largest absolute Gasteiger partial charge is 0.506 e. The van der Waals surface area contributed by atoms with Crippen LogP contribution in [0.4, 0.5) is 24.5 Å². The Labute approximate surface area is 209 Å². The number of aryl methyl sites for hydroxylation is 2. The molecule has 192 valence electrons. The summed E-state index contributed by atoms with van der Waals surface area (Å²) in [6, 6.07) is 11.4. The van der Waals surface area contributed by atoms with E-state index < -0.39 is 23.6 Å². The van der Waals surface area contributed by atoms with E-state index in [1.165, 1.54) is 18.2 Å². The lowest BCUT2D eigenvalue weighted by atomic mass is 9.92. The summed E-state index contributed by atoms with van der Waals surface area (Å²) in [6.07, 6.45) is -4.97. The number of nitrogens with one attached hydrogen (secondary N) is 2. The number of halogens is 3. The number of benzene rings is 3. The number of carboxylic acids is 1. The Hall–Kier alpha value is -4.54. The van der Waals surface area contributed by atoms with Crippen LogP contribution in [0.1, 0.15) is 28.7 Å². The molecule has 0 unspecified atom stereocenters. The number of hydrogen-bond donors (Lipinski definition) is 4. The van der Waals surface area contributed by atoms with Crippen molar-refractivity contribution < 1.29 is 37.7 Å². The quantitative estimate of drug-likeness (QED) is 0.251. The molecule has 1 aliphatic rings. The number of nitrogens with zero attached hydrogens (tertiary/aromatic N) is 1. The zero-order chi connectivity index (χ0) is 26.9. The summed E-state index contributed by atoms with van der Waals surface area (Å²) in [5.74, 6) is -2.03. The number of ether oxygens (including phenoxy) is 1. The average Bonchev–Trinajstić information content (AvgIpc) is 3.11. The number of aliphatic carboxylic acids is 1. The van der Waals surface area contributed by atoms with Gasteiger partial charge in [-0.1, -0.05) is 35.4 Å². The highest BCUT2D eigenvalue weighted by molar-refractivity contribution is 6.54. The molecule has 0 bridgehead atoms. The van der Waals surface area contributed by atoms with Crippen molar-refractivity contribution in [3.8, 4) is 22.6 Å². The van der Waals surface area contributed by atoms with Crippen molar-refractivity contribution in [3.63, 3.8) is 0 Å². The van der Waals surface area contributed by atoms with E-state index in [0.717, 1.165) is 23.3 Å². The van der Waals surface area contributed by atoms with Gasteiger partial charge in [0.1, 0.15) is 17.2 Å². The maximum atomic E-state index is 14.0. The van der Waals surface area contributed by atoms with Gasteiger partial charge >= 0.3 is 12.1 Å². The van der Waals surface area contributed by atoms with E-state index in [0.29, 0.717) is 5.56 Å². The topological polar surface area (TPSA) is 120 Å². The van der Waals surface area contributed by atoms with Crippen LogP contribution in [0.5, 0.6) is 11.5 Å². The van der Waals surface area contributed by atoms with Gasteiger partial charge in [0.25, 0.3) is 5.91 Å². The molecule has 0 fully saturated rings. The van der Waals surface area contributed by atoms with E-state index in [1.54, 1.807) is 26.0 Å². The minimum atomic E-state index is -4.68. The summed E-state index contributed by atoms with van der Waals surface area (Å²) in [5.41, 5.74) is 3.16. The highest BCUT2D eigenvalue weighted by Gasteiger charge is 2.39. The molecule has 1 amide bonds. The monoisotopic (exact) mass is 513 g/mol. The molecule has 8 nitrogen and oxygen atoms in total. The van der Waals surface area contributed by atoms with E-state index in [-0.39, 0.29) is 52.7 Å². The van der Waals surface area contributed by atoms with Gasteiger partial charge in [0, 0.05) is 11.1 Å². The Balaban J connectivity index is 1.78. The standard InChI is InChI=1S/C26H22F3N3O5/c1-13-10-14(2)12-15(11-13)21-17(26(27,28)29)7-6-16-22(21)30-25(36)23(16)31-32-24-18(33)4-3-5-19(24)37-9-8-20(34)35/h3-7,10-12,32-33H,8-9H2,1-2H3,(H,34,35)(H,30,31,36). The molecule has 4 rings (SSSR count). The van der Waals surface area contributed by atoms with Crippen molar-refractivity contribution in [1.82, 2.24) is 0 Å². The second-order valence-corrected chi connectivity index (χ2v) is 8.45. The molecule has 4 N–H and O–H groups in total. The fourth-order valence-corrected chi connectivity index (χ4v) is 4.10. The second-order valence-electron chi connectivity index (χ2n) is 8.45. The van der Waals surface area contributed by atoms with Gasteiger partial charge < -0.3 is 20.3 Å². The molecule has 1 heterocycles. The zero-order valence-corrected chi connectivity index (χ0v) is 19.7. The van der Waals surface area contributed by atoms with Crippen LogP contribution in [0.3, 0.4) is 0 Å². The summed E-state index contributed by atoms with van der Waals surface area (Å²) in [4.78, 5) is 23.6. The maximum absolute atomic E-state index is 14.0. The molecule has 3 aromatic rings. The molecule has 0 spiro atoms. The van der Waals surface area contributed by atoms with E-state index in [1.807, 2.05) is 6.07 Å². The van der Waals surface area contributed by atoms with E-state index in [9.17, 15) is 27.9 Å². The lowest BCUT2D eigenvalue weighted by Crippen LogP contribution is -2.16. The predicted octanol–water partition coefficient (Wildman–Crippen LogP) is 5.32. The predicted molar refractivity (Wildman–Crippen MR) is 131 cm³/mol.